The summed E-state index contributed by atoms with van der Waals surface area (Å²) in [5.41, 5.74) is 4.91. The number of anilines is 1. The van der Waals surface area contributed by atoms with Gasteiger partial charge >= 0.3 is 0 Å². The molecule has 0 unspecified atom stereocenters. The molecule has 0 aliphatic heterocycles. The third-order valence-corrected chi connectivity index (χ3v) is 4.90. The molecule has 0 saturated carbocycles. The maximum absolute atomic E-state index is 5.48. The fourth-order valence-corrected chi connectivity index (χ4v) is 3.74. The van der Waals surface area contributed by atoms with Crippen LogP contribution in [0.5, 0.6) is 0 Å². The summed E-state index contributed by atoms with van der Waals surface area (Å²) in [5, 5.41) is 3.52. The molecule has 0 saturated heterocycles. The fourth-order valence-electron chi connectivity index (χ4n) is 2.42. The van der Waals surface area contributed by atoms with Gasteiger partial charge in [-0.25, -0.2) is 0 Å². The molecule has 0 fully saturated rings. The Bertz CT molecular complexity index is 794. The van der Waals surface area contributed by atoms with Crippen molar-refractivity contribution in [2.45, 2.75) is 20.5 Å². The summed E-state index contributed by atoms with van der Waals surface area (Å²) in [7, 11) is 0. The number of hydrogen-bond acceptors (Lipinski definition) is 3. The van der Waals surface area contributed by atoms with E-state index in [1.807, 2.05) is 0 Å². The first-order valence-electron chi connectivity index (χ1n) is 6.55. The van der Waals surface area contributed by atoms with E-state index in [0.717, 1.165) is 3.95 Å². The molecule has 4 heteroatoms. The van der Waals surface area contributed by atoms with Gasteiger partial charge in [0.25, 0.3) is 0 Å². The first kappa shape index (κ1) is 13.3. The molecule has 3 rings (SSSR count). The third-order valence-electron chi connectivity index (χ3n) is 3.47. The minimum Gasteiger partial charge on any atom is -0.367 e. The van der Waals surface area contributed by atoms with Crippen molar-refractivity contribution in [3.05, 3.63) is 57.5 Å². The van der Waals surface area contributed by atoms with Gasteiger partial charge in [-0.2, -0.15) is 0 Å². The van der Waals surface area contributed by atoms with Crippen molar-refractivity contribution in [3.8, 4) is 0 Å². The van der Waals surface area contributed by atoms with Crippen LogP contribution in [0.3, 0.4) is 0 Å². The number of aromatic nitrogens is 1. The Morgan fingerprint density at radius 2 is 1.75 bits per heavy atom. The van der Waals surface area contributed by atoms with Crippen LogP contribution in [0.4, 0.5) is 5.69 Å². The number of rotatable bonds is 3. The van der Waals surface area contributed by atoms with Crippen molar-refractivity contribution in [1.29, 1.82) is 0 Å². The van der Waals surface area contributed by atoms with Crippen molar-refractivity contribution in [2.75, 3.05) is 5.32 Å². The van der Waals surface area contributed by atoms with Crippen LogP contribution in [0.25, 0.3) is 10.2 Å². The largest absolute Gasteiger partial charge is 0.367 e. The summed E-state index contributed by atoms with van der Waals surface area (Å²) in [6, 6.07) is 14.7. The summed E-state index contributed by atoms with van der Waals surface area (Å²) in [6.45, 7) is 4.95. The summed E-state index contributed by atoms with van der Waals surface area (Å²) >= 11 is 7.14. The van der Waals surface area contributed by atoms with Gasteiger partial charge in [0.2, 0.25) is 0 Å². The minimum absolute atomic E-state index is 0.703. The highest BCUT2D eigenvalue weighted by atomic mass is 32.1. The van der Waals surface area contributed by atoms with E-state index in [4.69, 9.17) is 12.2 Å². The van der Waals surface area contributed by atoms with E-state index >= 15 is 0 Å². The third kappa shape index (κ3) is 2.37. The van der Waals surface area contributed by atoms with E-state index < -0.39 is 0 Å². The molecule has 3 aromatic rings. The Hall–Kier alpha value is -1.65. The van der Waals surface area contributed by atoms with Crippen LogP contribution in [-0.2, 0) is 6.67 Å². The Kier molecular flexibility index (Phi) is 3.59. The number of fused-ring (bicyclic) bond motifs is 1. The molecule has 1 N–H and O–H groups in total. The van der Waals surface area contributed by atoms with E-state index in [9.17, 15) is 0 Å². The second kappa shape index (κ2) is 5.38. The Morgan fingerprint density at radius 1 is 1.05 bits per heavy atom. The zero-order valence-corrected chi connectivity index (χ0v) is 13.1. The molecule has 0 aliphatic rings. The normalized spacial score (nSPS) is 10.9. The molecule has 0 bridgehead atoms. The highest BCUT2D eigenvalue weighted by Crippen LogP contribution is 2.24. The van der Waals surface area contributed by atoms with Gasteiger partial charge in [-0.15, -0.1) is 11.3 Å². The van der Waals surface area contributed by atoms with Gasteiger partial charge in [-0.3, -0.25) is 0 Å². The first-order valence-corrected chi connectivity index (χ1v) is 7.78. The lowest BCUT2D eigenvalue weighted by molar-refractivity contribution is 0.805. The molecule has 0 amide bonds. The van der Waals surface area contributed by atoms with Crippen LogP contribution in [-0.4, -0.2) is 4.57 Å². The first-order chi connectivity index (χ1) is 9.66. The molecule has 0 spiro atoms. The predicted molar refractivity (Wildman–Crippen MR) is 90.2 cm³/mol. The van der Waals surface area contributed by atoms with Crippen molar-refractivity contribution in [3.63, 3.8) is 0 Å². The SMILES string of the molecule is Cc1cccc(C)c1NCn1c(=S)sc2ccccc21. The highest BCUT2D eigenvalue weighted by Gasteiger charge is 2.05. The lowest BCUT2D eigenvalue weighted by atomic mass is 10.1. The monoisotopic (exact) mass is 300 g/mol. The molecule has 1 heterocycles. The lowest BCUT2D eigenvalue weighted by Crippen LogP contribution is -2.09. The average molecular weight is 300 g/mol. The Balaban J connectivity index is 1.95. The molecular weight excluding hydrogens is 284 g/mol. The van der Waals surface area contributed by atoms with Crippen LogP contribution < -0.4 is 5.32 Å². The summed E-state index contributed by atoms with van der Waals surface area (Å²) in [4.78, 5) is 0. The number of hydrogen-bond donors (Lipinski definition) is 1. The molecular formula is C16H16N2S2. The summed E-state index contributed by atoms with van der Waals surface area (Å²) in [5.74, 6) is 0. The van der Waals surface area contributed by atoms with Gasteiger partial charge in [0.1, 0.15) is 0 Å². The highest BCUT2D eigenvalue weighted by molar-refractivity contribution is 7.73. The zero-order valence-electron chi connectivity index (χ0n) is 11.5. The van der Waals surface area contributed by atoms with Gasteiger partial charge in [0, 0.05) is 5.69 Å². The fraction of sp³-hybridized carbons (Fsp3) is 0.188. The van der Waals surface area contributed by atoms with Gasteiger partial charge < -0.3 is 9.88 Å². The van der Waals surface area contributed by atoms with E-state index in [-0.39, 0.29) is 0 Å². The lowest BCUT2D eigenvalue weighted by Gasteiger charge is -2.13. The number of para-hydroxylation sites is 2. The van der Waals surface area contributed by atoms with Gasteiger partial charge in [0.15, 0.2) is 3.95 Å². The number of nitrogens with zero attached hydrogens (tertiary/aromatic N) is 1. The Morgan fingerprint density at radius 3 is 2.50 bits per heavy atom. The molecule has 20 heavy (non-hydrogen) atoms. The smallest absolute Gasteiger partial charge is 0.163 e. The molecule has 2 aromatic carbocycles. The molecule has 0 aliphatic carbocycles. The summed E-state index contributed by atoms with van der Waals surface area (Å²) in [6.07, 6.45) is 0. The van der Waals surface area contributed by atoms with Crippen LogP contribution in [0.15, 0.2) is 42.5 Å². The Labute approximate surface area is 127 Å². The van der Waals surface area contributed by atoms with Crippen molar-refractivity contribution in [1.82, 2.24) is 4.57 Å². The second-order valence-corrected chi connectivity index (χ2v) is 6.54. The molecule has 102 valence electrons. The molecule has 2 nitrogen and oxygen atoms in total. The van der Waals surface area contributed by atoms with E-state index in [1.54, 1.807) is 11.3 Å². The van der Waals surface area contributed by atoms with Crippen LogP contribution >= 0.6 is 23.6 Å². The second-order valence-electron chi connectivity index (χ2n) is 4.87. The number of nitrogens with one attached hydrogen (secondary N) is 1. The summed E-state index contributed by atoms with van der Waals surface area (Å²) < 4.78 is 4.30. The minimum atomic E-state index is 0.703. The van der Waals surface area contributed by atoms with Crippen molar-refractivity contribution < 1.29 is 0 Å². The van der Waals surface area contributed by atoms with Crippen molar-refractivity contribution >= 4 is 39.5 Å². The van der Waals surface area contributed by atoms with Gasteiger partial charge in [0.05, 0.1) is 16.9 Å². The van der Waals surface area contributed by atoms with Crippen LogP contribution in [0, 0.1) is 17.8 Å². The number of aryl methyl sites for hydroxylation is 2. The number of thiazole rings is 1. The molecule has 0 radical (unpaired) electrons. The van der Waals surface area contributed by atoms with E-state index in [0.29, 0.717) is 6.67 Å². The van der Waals surface area contributed by atoms with E-state index in [1.165, 1.54) is 27.0 Å². The zero-order chi connectivity index (χ0) is 14.1. The topological polar surface area (TPSA) is 17.0 Å². The maximum atomic E-state index is 5.48. The maximum Gasteiger partial charge on any atom is 0.163 e. The average Bonchev–Trinajstić information content (AvgIpc) is 2.74. The number of benzene rings is 2. The quantitative estimate of drug-likeness (QED) is 0.676. The van der Waals surface area contributed by atoms with Crippen LogP contribution in [0.1, 0.15) is 11.1 Å². The molecule has 1 aromatic heterocycles. The van der Waals surface area contributed by atoms with Gasteiger partial charge in [-0.1, -0.05) is 30.3 Å². The van der Waals surface area contributed by atoms with E-state index in [2.05, 4.69) is 66.2 Å². The van der Waals surface area contributed by atoms with Gasteiger partial charge in [-0.05, 0) is 49.3 Å². The standard InChI is InChI=1S/C16H16N2S2/c1-11-6-5-7-12(2)15(11)17-10-18-13-8-3-4-9-14(13)20-16(18)19/h3-9,17H,10H2,1-2H3. The predicted octanol–water partition coefficient (Wildman–Crippen LogP) is 5.12. The molecule has 0 atom stereocenters. The van der Waals surface area contributed by atoms with Crippen LogP contribution in [0.2, 0.25) is 0 Å². The van der Waals surface area contributed by atoms with Crippen molar-refractivity contribution in [2.24, 2.45) is 0 Å².